The fourth-order valence-corrected chi connectivity index (χ4v) is 4.88. The molecule has 1 aliphatic heterocycles. The molecule has 0 unspecified atom stereocenters. The lowest BCUT2D eigenvalue weighted by Crippen LogP contribution is -2.34. The Bertz CT molecular complexity index is 1060. The summed E-state index contributed by atoms with van der Waals surface area (Å²) in [6.45, 7) is 6.44. The number of carbonyl (C=O) groups excluding carboxylic acids is 2. The standard InChI is InChI=1S/C27H31N3O2S/c1-21-6-4-7-23(18-21)20-30(27(32)25-8-5-17-33-25)24-11-9-22(10-12-24)19-26(31)28-13-16-29-14-2-3-15-29/h4-12,17-18H,2-3,13-16,19-20H2,1H3,(H,28,31). The van der Waals surface area contributed by atoms with Gasteiger partial charge < -0.3 is 15.1 Å². The van der Waals surface area contributed by atoms with Gasteiger partial charge in [-0.3, -0.25) is 9.59 Å². The molecule has 3 aromatic rings. The lowest BCUT2D eigenvalue weighted by molar-refractivity contribution is -0.120. The Morgan fingerprint density at radius 2 is 1.79 bits per heavy atom. The first kappa shape index (κ1) is 23.2. The van der Waals surface area contributed by atoms with Crippen LogP contribution in [0, 0.1) is 6.92 Å². The van der Waals surface area contributed by atoms with Crippen molar-refractivity contribution in [1.29, 1.82) is 0 Å². The van der Waals surface area contributed by atoms with Gasteiger partial charge in [-0.25, -0.2) is 0 Å². The average Bonchev–Trinajstić information content (AvgIpc) is 3.52. The topological polar surface area (TPSA) is 52.7 Å². The van der Waals surface area contributed by atoms with Crippen molar-refractivity contribution in [3.05, 3.63) is 87.6 Å². The number of anilines is 1. The van der Waals surface area contributed by atoms with Crippen molar-refractivity contribution in [3.63, 3.8) is 0 Å². The third-order valence-corrected chi connectivity index (χ3v) is 6.82. The van der Waals surface area contributed by atoms with E-state index in [1.807, 2.05) is 53.9 Å². The lowest BCUT2D eigenvalue weighted by Gasteiger charge is -2.23. The molecular weight excluding hydrogens is 430 g/mol. The smallest absolute Gasteiger partial charge is 0.268 e. The number of benzene rings is 2. The number of nitrogens with one attached hydrogen (secondary N) is 1. The Labute approximate surface area is 200 Å². The summed E-state index contributed by atoms with van der Waals surface area (Å²) in [5, 5.41) is 4.95. The van der Waals surface area contributed by atoms with Gasteiger partial charge in [0.2, 0.25) is 5.91 Å². The summed E-state index contributed by atoms with van der Waals surface area (Å²) in [5.74, 6) is 0.0205. The van der Waals surface area contributed by atoms with Crippen LogP contribution in [0.3, 0.4) is 0 Å². The Morgan fingerprint density at radius 3 is 2.48 bits per heavy atom. The Morgan fingerprint density at radius 1 is 1.00 bits per heavy atom. The van der Waals surface area contributed by atoms with E-state index in [-0.39, 0.29) is 11.8 Å². The van der Waals surface area contributed by atoms with E-state index in [4.69, 9.17) is 0 Å². The zero-order valence-electron chi connectivity index (χ0n) is 19.1. The van der Waals surface area contributed by atoms with Gasteiger partial charge >= 0.3 is 0 Å². The maximum absolute atomic E-state index is 13.3. The van der Waals surface area contributed by atoms with Gasteiger partial charge in [-0.05, 0) is 67.6 Å². The molecule has 0 radical (unpaired) electrons. The molecular formula is C27H31N3O2S. The monoisotopic (exact) mass is 461 g/mol. The molecule has 0 bridgehead atoms. The highest BCUT2D eigenvalue weighted by Gasteiger charge is 2.19. The highest BCUT2D eigenvalue weighted by molar-refractivity contribution is 7.12. The number of amides is 2. The number of thiophene rings is 1. The van der Waals surface area contributed by atoms with Crippen LogP contribution in [0.25, 0.3) is 0 Å². The van der Waals surface area contributed by atoms with Crippen LogP contribution in [0.15, 0.2) is 66.0 Å². The van der Waals surface area contributed by atoms with E-state index in [1.54, 1.807) is 4.90 Å². The molecule has 5 nitrogen and oxygen atoms in total. The zero-order chi connectivity index (χ0) is 23.0. The minimum atomic E-state index is -0.0149. The van der Waals surface area contributed by atoms with Crippen molar-refractivity contribution < 1.29 is 9.59 Å². The molecule has 1 fully saturated rings. The van der Waals surface area contributed by atoms with Crippen LogP contribution in [0.1, 0.15) is 39.2 Å². The molecule has 0 atom stereocenters. The summed E-state index contributed by atoms with van der Waals surface area (Å²) in [6, 6.07) is 19.7. The molecule has 6 heteroatoms. The van der Waals surface area contributed by atoms with Gasteiger partial charge in [0.25, 0.3) is 5.91 Å². The summed E-state index contributed by atoms with van der Waals surface area (Å²) in [5.41, 5.74) is 4.02. The normalized spacial score (nSPS) is 13.7. The predicted molar refractivity (Wildman–Crippen MR) is 135 cm³/mol. The van der Waals surface area contributed by atoms with Crippen LogP contribution < -0.4 is 10.2 Å². The van der Waals surface area contributed by atoms with Gasteiger partial charge in [-0.15, -0.1) is 11.3 Å². The Hall–Kier alpha value is -2.96. The van der Waals surface area contributed by atoms with Crippen molar-refractivity contribution in [2.75, 3.05) is 31.1 Å². The molecule has 4 rings (SSSR count). The SMILES string of the molecule is Cc1cccc(CN(C(=O)c2cccs2)c2ccc(CC(=O)NCCN3CCCC3)cc2)c1. The number of rotatable bonds is 9. The van der Waals surface area contributed by atoms with Crippen LogP contribution in [0.4, 0.5) is 5.69 Å². The first-order valence-corrected chi connectivity index (χ1v) is 12.5. The van der Waals surface area contributed by atoms with E-state index >= 15 is 0 Å². The summed E-state index contributed by atoms with van der Waals surface area (Å²) in [6.07, 6.45) is 2.86. The van der Waals surface area contributed by atoms with Gasteiger partial charge in [0.1, 0.15) is 0 Å². The van der Waals surface area contributed by atoms with Crippen molar-refractivity contribution in [2.45, 2.75) is 32.7 Å². The van der Waals surface area contributed by atoms with Gasteiger partial charge in [0, 0.05) is 18.8 Å². The van der Waals surface area contributed by atoms with Crippen molar-refractivity contribution in [1.82, 2.24) is 10.2 Å². The second kappa shape index (κ2) is 11.3. The highest BCUT2D eigenvalue weighted by atomic mass is 32.1. The first-order chi connectivity index (χ1) is 16.1. The first-order valence-electron chi connectivity index (χ1n) is 11.6. The van der Waals surface area contributed by atoms with Crippen LogP contribution >= 0.6 is 11.3 Å². The van der Waals surface area contributed by atoms with E-state index in [9.17, 15) is 9.59 Å². The maximum Gasteiger partial charge on any atom is 0.268 e. The van der Waals surface area contributed by atoms with E-state index < -0.39 is 0 Å². The fourth-order valence-electron chi connectivity index (χ4n) is 4.21. The zero-order valence-corrected chi connectivity index (χ0v) is 19.9. The Kier molecular flexibility index (Phi) is 7.92. The van der Waals surface area contributed by atoms with E-state index in [0.29, 0.717) is 24.4 Å². The van der Waals surface area contributed by atoms with Crippen LogP contribution in [-0.4, -0.2) is 42.9 Å². The molecule has 1 aliphatic rings. The fraction of sp³-hybridized carbons (Fsp3) is 0.333. The highest BCUT2D eigenvalue weighted by Crippen LogP contribution is 2.23. The summed E-state index contributed by atoms with van der Waals surface area (Å²) < 4.78 is 0. The molecule has 0 saturated carbocycles. The number of aryl methyl sites for hydroxylation is 1. The van der Waals surface area contributed by atoms with Crippen molar-refractivity contribution in [2.24, 2.45) is 0 Å². The van der Waals surface area contributed by atoms with Gasteiger partial charge in [0.15, 0.2) is 0 Å². The van der Waals surface area contributed by atoms with E-state index in [2.05, 4.69) is 29.3 Å². The third kappa shape index (κ3) is 6.53. The molecule has 1 saturated heterocycles. The molecule has 2 heterocycles. The van der Waals surface area contributed by atoms with Crippen molar-refractivity contribution in [3.8, 4) is 0 Å². The number of hydrogen-bond acceptors (Lipinski definition) is 4. The van der Waals surface area contributed by atoms with Crippen molar-refractivity contribution >= 4 is 28.8 Å². The minimum absolute atomic E-state index is 0.0149. The predicted octanol–water partition coefficient (Wildman–Crippen LogP) is 4.66. The van der Waals surface area contributed by atoms with Crippen LogP contribution in [0.2, 0.25) is 0 Å². The van der Waals surface area contributed by atoms with Crippen LogP contribution in [0.5, 0.6) is 0 Å². The molecule has 2 aromatic carbocycles. The second-order valence-electron chi connectivity index (χ2n) is 8.60. The number of hydrogen-bond donors (Lipinski definition) is 1. The second-order valence-corrected chi connectivity index (χ2v) is 9.55. The van der Waals surface area contributed by atoms with Crippen LogP contribution in [-0.2, 0) is 17.8 Å². The summed E-state index contributed by atoms with van der Waals surface area (Å²) >= 11 is 1.45. The maximum atomic E-state index is 13.3. The van der Waals surface area contributed by atoms with E-state index in [0.717, 1.165) is 36.4 Å². The molecule has 33 heavy (non-hydrogen) atoms. The summed E-state index contributed by atoms with van der Waals surface area (Å²) in [7, 11) is 0. The molecule has 172 valence electrons. The largest absolute Gasteiger partial charge is 0.355 e. The third-order valence-electron chi connectivity index (χ3n) is 5.96. The Balaban J connectivity index is 1.41. The average molecular weight is 462 g/mol. The minimum Gasteiger partial charge on any atom is -0.355 e. The molecule has 1 N–H and O–H groups in total. The quantitative estimate of drug-likeness (QED) is 0.504. The molecule has 2 amide bonds. The van der Waals surface area contributed by atoms with E-state index in [1.165, 1.54) is 29.7 Å². The molecule has 1 aromatic heterocycles. The number of nitrogens with zero attached hydrogens (tertiary/aromatic N) is 2. The van der Waals surface area contributed by atoms with Gasteiger partial charge in [-0.1, -0.05) is 48.0 Å². The number of likely N-dealkylation sites (tertiary alicyclic amines) is 1. The van der Waals surface area contributed by atoms with Gasteiger partial charge in [-0.2, -0.15) is 0 Å². The lowest BCUT2D eigenvalue weighted by atomic mass is 10.1. The molecule has 0 aliphatic carbocycles. The molecule has 0 spiro atoms. The van der Waals surface area contributed by atoms with Gasteiger partial charge in [0.05, 0.1) is 17.8 Å². The number of carbonyl (C=O) groups is 2. The summed E-state index contributed by atoms with van der Waals surface area (Å²) in [4.78, 5) is 30.5.